The summed E-state index contributed by atoms with van der Waals surface area (Å²) in [5.74, 6) is -1.02. The number of rotatable bonds is 2. The molecule has 2 aliphatic rings. The highest BCUT2D eigenvalue weighted by Crippen LogP contribution is 2.50. The van der Waals surface area contributed by atoms with Gasteiger partial charge in [0.15, 0.2) is 0 Å². The van der Waals surface area contributed by atoms with Crippen molar-refractivity contribution in [3.63, 3.8) is 0 Å². The fraction of sp³-hybridized carbons (Fsp3) is 0.400. The molecule has 0 bridgehead atoms. The molecule has 1 heterocycles. The zero-order valence-electron chi connectivity index (χ0n) is 15.4. The second kappa shape index (κ2) is 6.96. The SMILES string of the molecule is C=C1C2C(OC)Cc3ccccc3C2C(C(=O)OC)=C(C)N1C(=O)OC. The molecule has 1 aromatic rings. The van der Waals surface area contributed by atoms with Gasteiger partial charge in [-0.3, -0.25) is 4.90 Å². The summed E-state index contributed by atoms with van der Waals surface area (Å²) in [4.78, 5) is 26.4. The third kappa shape index (κ3) is 2.61. The Labute approximate surface area is 153 Å². The highest BCUT2D eigenvalue weighted by atomic mass is 16.5. The first kappa shape index (κ1) is 18.2. The lowest BCUT2D eigenvalue weighted by atomic mass is 9.66. The maximum absolute atomic E-state index is 12.7. The molecule has 3 rings (SSSR count). The van der Waals surface area contributed by atoms with Crippen LogP contribution in [0.3, 0.4) is 0 Å². The summed E-state index contributed by atoms with van der Waals surface area (Å²) in [6.07, 6.45) is -0.126. The van der Waals surface area contributed by atoms with Gasteiger partial charge in [-0.15, -0.1) is 0 Å². The molecule has 3 unspecified atom stereocenters. The first-order chi connectivity index (χ1) is 12.5. The summed E-state index contributed by atoms with van der Waals surface area (Å²) in [5.41, 5.74) is 3.63. The molecule has 0 fully saturated rings. The second-order valence-corrected chi connectivity index (χ2v) is 6.47. The van der Waals surface area contributed by atoms with E-state index in [2.05, 4.69) is 6.58 Å². The van der Waals surface area contributed by atoms with Crippen LogP contribution in [-0.2, 0) is 25.4 Å². The van der Waals surface area contributed by atoms with E-state index in [1.165, 1.54) is 19.1 Å². The van der Waals surface area contributed by atoms with E-state index in [0.717, 1.165) is 11.1 Å². The van der Waals surface area contributed by atoms with Crippen LogP contribution >= 0.6 is 0 Å². The number of benzene rings is 1. The Balaban J connectivity index is 2.28. The Morgan fingerprint density at radius 2 is 1.85 bits per heavy atom. The van der Waals surface area contributed by atoms with Crippen molar-refractivity contribution >= 4 is 12.1 Å². The number of ether oxygens (including phenoxy) is 3. The highest BCUT2D eigenvalue weighted by molar-refractivity contribution is 5.93. The van der Waals surface area contributed by atoms with Crippen molar-refractivity contribution in [2.75, 3.05) is 21.3 Å². The van der Waals surface area contributed by atoms with Crippen LogP contribution < -0.4 is 0 Å². The molecule has 3 atom stereocenters. The number of allylic oxidation sites excluding steroid dienone is 1. The standard InChI is InChI=1S/C20H23NO5/c1-11-16-15(24-3)10-13-8-6-7-9-14(13)18(16)17(19(22)25-4)12(2)21(11)20(23)26-5/h6-9,15-16,18H,1,10H2,2-5H3. The van der Waals surface area contributed by atoms with E-state index in [0.29, 0.717) is 23.4 Å². The molecular formula is C20H23NO5. The van der Waals surface area contributed by atoms with Crippen LogP contribution in [0.1, 0.15) is 24.0 Å². The number of esters is 1. The van der Waals surface area contributed by atoms with Crippen molar-refractivity contribution in [3.8, 4) is 0 Å². The summed E-state index contributed by atoms with van der Waals surface area (Å²) in [5, 5.41) is 0. The molecule has 6 heteroatoms. The number of hydrogen-bond acceptors (Lipinski definition) is 5. The largest absolute Gasteiger partial charge is 0.466 e. The lowest BCUT2D eigenvalue weighted by Crippen LogP contribution is -2.48. The molecule has 0 radical (unpaired) electrons. The Bertz CT molecular complexity index is 797. The van der Waals surface area contributed by atoms with Crippen LogP contribution in [0.5, 0.6) is 0 Å². The Hall–Kier alpha value is -2.60. The third-order valence-corrected chi connectivity index (χ3v) is 5.34. The van der Waals surface area contributed by atoms with E-state index >= 15 is 0 Å². The molecule has 26 heavy (non-hydrogen) atoms. The maximum Gasteiger partial charge on any atom is 0.418 e. The summed E-state index contributed by atoms with van der Waals surface area (Å²) in [6.45, 7) is 5.86. The van der Waals surface area contributed by atoms with Gasteiger partial charge in [-0.2, -0.15) is 0 Å². The summed E-state index contributed by atoms with van der Waals surface area (Å²) < 4.78 is 15.7. The molecule has 0 aromatic heterocycles. The van der Waals surface area contributed by atoms with Gasteiger partial charge in [-0.25, -0.2) is 9.59 Å². The Morgan fingerprint density at radius 1 is 1.15 bits per heavy atom. The molecule has 0 saturated carbocycles. The molecule has 0 spiro atoms. The first-order valence-electron chi connectivity index (χ1n) is 8.42. The van der Waals surface area contributed by atoms with Gasteiger partial charge < -0.3 is 14.2 Å². The minimum atomic E-state index is -0.582. The average molecular weight is 357 g/mol. The molecule has 138 valence electrons. The van der Waals surface area contributed by atoms with Gasteiger partial charge in [-0.1, -0.05) is 30.8 Å². The number of carbonyl (C=O) groups is 2. The van der Waals surface area contributed by atoms with E-state index in [1.54, 1.807) is 14.0 Å². The van der Waals surface area contributed by atoms with Gasteiger partial charge in [0.05, 0.1) is 25.9 Å². The molecule has 0 saturated heterocycles. The predicted octanol–water partition coefficient (Wildman–Crippen LogP) is 3.00. The number of carbonyl (C=O) groups excluding carboxylic acids is 2. The molecular weight excluding hydrogens is 334 g/mol. The highest BCUT2D eigenvalue weighted by Gasteiger charge is 2.49. The van der Waals surface area contributed by atoms with Crippen molar-refractivity contribution in [2.45, 2.75) is 25.4 Å². The smallest absolute Gasteiger partial charge is 0.418 e. The summed E-state index contributed by atoms with van der Waals surface area (Å²) >= 11 is 0. The topological polar surface area (TPSA) is 65.1 Å². The normalized spacial score (nSPS) is 24.7. The Morgan fingerprint density at radius 3 is 2.46 bits per heavy atom. The summed E-state index contributed by atoms with van der Waals surface area (Å²) in [7, 11) is 4.28. The number of hydrogen-bond donors (Lipinski definition) is 0. The van der Waals surface area contributed by atoms with E-state index in [4.69, 9.17) is 14.2 Å². The molecule has 1 aliphatic heterocycles. The first-order valence-corrected chi connectivity index (χ1v) is 8.42. The lowest BCUT2D eigenvalue weighted by Gasteiger charge is -2.47. The van der Waals surface area contributed by atoms with Gasteiger partial charge in [0, 0.05) is 30.3 Å². The van der Waals surface area contributed by atoms with Gasteiger partial charge in [0.2, 0.25) is 0 Å². The maximum atomic E-state index is 12.7. The van der Waals surface area contributed by atoms with Crippen molar-refractivity contribution in [1.29, 1.82) is 0 Å². The molecule has 1 aromatic carbocycles. The van der Waals surface area contributed by atoms with Gasteiger partial charge in [-0.05, 0) is 24.5 Å². The van der Waals surface area contributed by atoms with E-state index < -0.39 is 12.1 Å². The van der Waals surface area contributed by atoms with Gasteiger partial charge in [0.1, 0.15) is 0 Å². The third-order valence-electron chi connectivity index (χ3n) is 5.34. The Kier molecular flexibility index (Phi) is 4.87. The van der Waals surface area contributed by atoms with Gasteiger partial charge >= 0.3 is 12.1 Å². The van der Waals surface area contributed by atoms with Crippen LogP contribution in [0.2, 0.25) is 0 Å². The van der Waals surface area contributed by atoms with E-state index in [9.17, 15) is 9.59 Å². The van der Waals surface area contributed by atoms with Crippen LogP contribution in [0.25, 0.3) is 0 Å². The van der Waals surface area contributed by atoms with Crippen LogP contribution in [-0.4, -0.2) is 44.4 Å². The van der Waals surface area contributed by atoms with Gasteiger partial charge in [0.25, 0.3) is 0 Å². The van der Waals surface area contributed by atoms with E-state index in [1.807, 2.05) is 24.3 Å². The number of methoxy groups -OCH3 is 3. The molecule has 0 N–H and O–H groups in total. The van der Waals surface area contributed by atoms with Crippen LogP contribution in [0.15, 0.2) is 47.8 Å². The van der Waals surface area contributed by atoms with Crippen LogP contribution in [0, 0.1) is 5.92 Å². The lowest BCUT2D eigenvalue weighted by molar-refractivity contribution is -0.137. The number of fused-ring (bicyclic) bond motifs is 3. The van der Waals surface area contributed by atoms with Crippen molar-refractivity contribution in [2.24, 2.45) is 5.92 Å². The van der Waals surface area contributed by atoms with Crippen molar-refractivity contribution in [3.05, 3.63) is 58.9 Å². The monoisotopic (exact) mass is 357 g/mol. The second-order valence-electron chi connectivity index (χ2n) is 6.47. The number of amides is 1. The molecule has 1 amide bonds. The fourth-order valence-electron chi connectivity index (χ4n) is 4.19. The molecule has 1 aliphatic carbocycles. The number of nitrogens with zero attached hydrogens (tertiary/aromatic N) is 1. The average Bonchev–Trinajstić information content (AvgIpc) is 2.66. The minimum absolute atomic E-state index is 0.220. The summed E-state index contributed by atoms with van der Waals surface area (Å²) in [6, 6.07) is 7.97. The zero-order chi connectivity index (χ0) is 19.0. The van der Waals surface area contributed by atoms with E-state index in [-0.39, 0.29) is 17.9 Å². The predicted molar refractivity (Wildman–Crippen MR) is 95.3 cm³/mol. The minimum Gasteiger partial charge on any atom is -0.466 e. The molecule has 6 nitrogen and oxygen atoms in total. The quantitative estimate of drug-likeness (QED) is 0.762. The fourth-order valence-corrected chi connectivity index (χ4v) is 4.19. The van der Waals surface area contributed by atoms with Crippen molar-refractivity contribution in [1.82, 2.24) is 4.90 Å². The zero-order valence-corrected chi connectivity index (χ0v) is 15.4. The van der Waals surface area contributed by atoms with Crippen molar-refractivity contribution < 1.29 is 23.8 Å². The van der Waals surface area contributed by atoms with Crippen LogP contribution in [0.4, 0.5) is 4.79 Å².